The summed E-state index contributed by atoms with van der Waals surface area (Å²) in [6, 6.07) is 9.92. The van der Waals surface area contributed by atoms with Crippen molar-refractivity contribution in [2.45, 2.75) is 32.9 Å². The van der Waals surface area contributed by atoms with E-state index in [0.717, 1.165) is 23.4 Å². The van der Waals surface area contributed by atoms with Crippen LogP contribution in [0.25, 0.3) is 11.0 Å². The number of ether oxygens (including phenoxy) is 2. The monoisotopic (exact) mass is 456 g/mol. The normalized spacial score (nSPS) is 18.9. The zero-order valence-electron chi connectivity index (χ0n) is 18.3. The van der Waals surface area contributed by atoms with E-state index in [1.165, 1.54) is 13.3 Å². The number of benzene rings is 1. The molecule has 0 radical (unpaired) electrons. The number of nitrogens with zero attached hydrogens (tertiary/aromatic N) is 3. The van der Waals surface area contributed by atoms with E-state index >= 15 is 0 Å². The number of esters is 1. The zero-order chi connectivity index (χ0) is 22.5. The highest BCUT2D eigenvalue weighted by atomic mass is 32.2. The van der Waals surface area contributed by atoms with Gasteiger partial charge in [0.05, 0.1) is 12.9 Å². The molecule has 1 saturated heterocycles. The van der Waals surface area contributed by atoms with Crippen LogP contribution in [0.1, 0.15) is 18.1 Å². The molecule has 0 saturated carbocycles. The highest BCUT2D eigenvalue weighted by molar-refractivity contribution is 7.98. The minimum Gasteiger partial charge on any atom is -0.461 e. The summed E-state index contributed by atoms with van der Waals surface area (Å²) in [5, 5.41) is 0. The van der Waals surface area contributed by atoms with Gasteiger partial charge in [0.15, 0.2) is 0 Å². The van der Waals surface area contributed by atoms with Crippen LogP contribution in [-0.4, -0.2) is 56.6 Å². The summed E-state index contributed by atoms with van der Waals surface area (Å²) >= 11 is 1.76. The molecule has 1 aliphatic rings. The molecule has 3 aromatic rings. The average Bonchev–Trinajstić information content (AvgIpc) is 3.30. The van der Waals surface area contributed by atoms with Crippen LogP contribution in [0.3, 0.4) is 0 Å². The Bertz CT molecular complexity index is 1110. The van der Waals surface area contributed by atoms with Crippen molar-refractivity contribution in [2.24, 2.45) is 5.92 Å². The van der Waals surface area contributed by atoms with Crippen LogP contribution in [0.4, 0.5) is 0 Å². The molecule has 2 atom stereocenters. The maximum Gasteiger partial charge on any atom is 0.302 e. The molecule has 4 rings (SSSR count). The van der Waals surface area contributed by atoms with E-state index in [1.807, 2.05) is 41.1 Å². The second-order valence-electron chi connectivity index (χ2n) is 8.07. The van der Waals surface area contributed by atoms with Crippen molar-refractivity contribution in [3.63, 3.8) is 0 Å². The lowest BCUT2D eigenvalue weighted by Crippen LogP contribution is -2.26. The van der Waals surface area contributed by atoms with E-state index < -0.39 is 0 Å². The Labute approximate surface area is 190 Å². The molecule has 8 nitrogen and oxygen atoms in total. The van der Waals surface area contributed by atoms with Crippen LogP contribution >= 0.6 is 11.8 Å². The first kappa shape index (κ1) is 22.6. The smallest absolute Gasteiger partial charge is 0.302 e. The summed E-state index contributed by atoms with van der Waals surface area (Å²) in [7, 11) is 0. The van der Waals surface area contributed by atoms with Crippen molar-refractivity contribution in [3.05, 3.63) is 64.3 Å². The van der Waals surface area contributed by atoms with Gasteiger partial charge in [-0.3, -0.25) is 14.5 Å². The molecule has 0 amide bonds. The first-order valence-corrected chi connectivity index (χ1v) is 12.0. The number of fused-ring (bicyclic) bond motifs is 1. The number of carbonyl (C=O) groups is 1. The summed E-state index contributed by atoms with van der Waals surface area (Å²) in [5.74, 6) is 0.970. The number of carbonyl (C=O) groups excluding carboxylic acids is 1. The molecule has 0 aliphatic carbocycles. The van der Waals surface area contributed by atoms with Crippen molar-refractivity contribution in [2.75, 3.05) is 25.1 Å². The number of rotatable bonds is 9. The van der Waals surface area contributed by atoms with Gasteiger partial charge in [-0.05, 0) is 11.8 Å². The molecule has 32 heavy (non-hydrogen) atoms. The van der Waals surface area contributed by atoms with E-state index in [1.54, 1.807) is 11.8 Å². The van der Waals surface area contributed by atoms with Gasteiger partial charge < -0.3 is 19.0 Å². The van der Waals surface area contributed by atoms with Crippen LogP contribution < -0.4 is 5.56 Å². The number of hydrogen-bond donors (Lipinski definition) is 1. The Morgan fingerprint density at radius 1 is 1.28 bits per heavy atom. The number of hydrogen-bond acceptors (Lipinski definition) is 7. The highest BCUT2D eigenvalue weighted by Crippen LogP contribution is 2.26. The van der Waals surface area contributed by atoms with Crippen molar-refractivity contribution >= 4 is 28.8 Å². The SMILES string of the molecule is CSC[C@H]1CN(Cc2cn(COCc3ccccc3)c3c(=O)[nH]cnc23)C[C@H]1OC(C)=O. The molecule has 1 aromatic carbocycles. The van der Waals surface area contributed by atoms with Gasteiger partial charge >= 0.3 is 5.97 Å². The Hall–Kier alpha value is -2.62. The molecular formula is C23H28N4O4S. The molecule has 1 N–H and O–H groups in total. The predicted molar refractivity (Wildman–Crippen MR) is 124 cm³/mol. The van der Waals surface area contributed by atoms with Crippen molar-refractivity contribution in [1.29, 1.82) is 0 Å². The van der Waals surface area contributed by atoms with Crippen LogP contribution in [-0.2, 0) is 34.2 Å². The fourth-order valence-electron chi connectivity index (χ4n) is 4.28. The Balaban J connectivity index is 1.51. The minimum absolute atomic E-state index is 0.112. The molecular weight excluding hydrogens is 428 g/mol. The number of aromatic nitrogens is 3. The topological polar surface area (TPSA) is 89.4 Å². The molecule has 9 heteroatoms. The van der Waals surface area contributed by atoms with Gasteiger partial charge in [-0.1, -0.05) is 30.3 Å². The van der Waals surface area contributed by atoms with Gasteiger partial charge in [-0.15, -0.1) is 0 Å². The number of H-pyrrole nitrogens is 1. The first-order valence-electron chi connectivity index (χ1n) is 10.6. The van der Waals surface area contributed by atoms with E-state index in [2.05, 4.69) is 21.1 Å². The average molecular weight is 457 g/mol. The largest absolute Gasteiger partial charge is 0.461 e. The second-order valence-corrected chi connectivity index (χ2v) is 8.98. The van der Waals surface area contributed by atoms with E-state index in [0.29, 0.717) is 30.7 Å². The molecule has 1 fully saturated rings. The molecule has 0 unspecified atom stereocenters. The van der Waals surface area contributed by atoms with Gasteiger partial charge in [-0.25, -0.2) is 4.98 Å². The van der Waals surface area contributed by atoms with Crippen molar-refractivity contribution in [3.8, 4) is 0 Å². The van der Waals surface area contributed by atoms with Gasteiger partial charge in [0.2, 0.25) is 0 Å². The van der Waals surface area contributed by atoms with Crippen LogP contribution in [0.15, 0.2) is 47.7 Å². The third-order valence-electron chi connectivity index (χ3n) is 5.62. The minimum atomic E-state index is -0.247. The van der Waals surface area contributed by atoms with Crippen LogP contribution in [0.2, 0.25) is 0 Å². The highest BCUT2D eigenvalue weighted by Gasteiger charge is 2.35. The van der Waals surface area contributed by atoms with Gasteiger partial charge in [-0.2, -0.15) is 11.8 Å². The molecule has 1 aliphatic heterocycles. The molecule has 3 heterocycles. The zero-order valence-corrected chi connectivity index (χ0v) is 19.1. The van der Waals surface area contributed by atoms with Gasteiger partial charge in [0.25, 0.3) is 5.56 Å². The lowest BCUT2D eigenvalue weighted by atomic mass is 10.1. The van der Waals surface area contributed by atoms with Gasteiger partial charge in [0.1, 0.15) is 23.9 Å². The quantitative estimate of drug-likeness (QED) is 0.495. The summed E-state index contributed by atoms with van der Waals surface area (Å²) in [5.41, 5.74) is 3.02. The molecule has 0 bridgehead atoms. The number of nitrogens with one attached hydrogen (secondary N) is 1. The van der Waals surface area contributed by atoms with Crippen LogP contribution in [0, 0.1) is 5.92 Å². The fourth-order valence-corrected chi connectivity index (χ4v) is 5.03. The lowest BCUT2D eigenvalue weighted by Gasteiger charge is -2.16. The summed E-state index contributed by atoms with van der Waals surface area (Å²) in [4.78, 5) is 33.4. The van der Waals surface area contributed by atoms with Crippen molar-refractivity contribution < 1.29 is 14.3 Å². The van der Waals surface area contributed by atoms with E-state index in [4.69, 9.17) is 9.47 Å². The molecule has 170 valence electrons. The Kier molecular flexibility index (Phi) is 7.29. The van der Waals surface area contributed by atoms with Crippen LogP contribution in [0.5, 0.6) is 0 Å². The number of thioether (sulfide) groups is 1. The maximum absolute atomic E-state index is 12.5. The lowest BCUT2D eigenvalue weighted by molar-refractivity contribution is -0.147. The molecule has 0 spiro atoms. The standard InChI is InChI=1S/C23H28N4O4S/c1-16(28)31-20-11-26(9-19(20)13-32-2)8-18-10-27(22-21(18)24-14-25-23(22)29)15-30-12-17-6-4-3-5-7-17/h3-7,10,14,19-20H,8-9,11-13,15H2,1-2H3,(H,24,25,29)/t19-,20-/m1/s1. The van der Waals surface area contributed by atoms with E-state index in [9.17, 15) is 9.59 Å². The predicted octanol–water partition coefficient (Wildman–Crippen LogP) is 2.63. The fraction of sp³-hybridized carbons (Fsp3) is 0.435. The Morgan fingerprint density at radius 2 is 2.09 bits per heavy atom. The summed E-state index contributed by atoms with van der Waals surface area (Å²) < 4.78 is 13.2. The van der Waals surface area contributed by atoms with Gasteiger partial charge in [0, 0.05) is 50.0 Å². The first-order chi connectivity index (χ1) is 15.5. The Morgan fingerprint density at radius 3 is 2.84 bits per heavy atom. The summed E-state index contributed by atoms with van der Waals surface area (Å²) in [6.45, 7) is 4.30. The summed E-state index contributed by atoms with van der Waals surface area (Å²) in [6.07, 6.45) is 5.33. The van der Waals surface area contributed by atoms with Crippen molar-refractivity contribution in [1.82, 2.24) is 19.4 Å². The third-order valence-corrected chi connectivity index (χ3v) is 6.38. The number of aromatic amines is 1. The number of likely N-dealkylation sites (tertiary alicyclic amines) is 1. The second kappa shape index (κ2) is 10.3. The van der Waals surface area contributed by atoms with E-state index in [-0.39, 0.29) is 30.3 Å². The maximum atomic E-state index is 12.5. The third kappa shape index (κ3) is 5.23. The molecule has 2 aromatic heterocycles.